The van der Waals surface area contributed by atoms with E-state index in [0.29, 0.717) is 17.2 Å². The molecule has 1 aliphatic heterocycles. The average Bonchev–Trinajstić information content (AvgIpc) is 3.16. The molecule has 3 rings (SSSR count). The Hall–Kier alpha value is -3.34. The summed E-state index contributed by atoms with van der Waals surface area (Å²) in [6.07, 6.45) is 3.79. The second kappa shape index (κ2) is 7.49. The second-order valence-electron chi connectivity index (χ2n) is 5.58. The number of rotatable bonds is 5. The molecule has 0 atom stereocenters. The van der Waals surface area contributed by atoms with Crippen LogP contribution in [0.2, 0.25) is 0 Å². The summed E-state index contributed by atoms with van der Waals surface area (Å²) in [4.78, 5) is 10.4. The summed E-state index contributed by atoms with van der Waals surface area (Å²) in [5, 5.41) is 13.7. The maximum atomic E-state index is 9.52. The maximum Gasteiger partial charge on any atom is 0.224 e. The Kier molecular flexibility index (Phi) is 4.95. The van der Waals surface area contributed by atoms with Gasteiger partial charge >= 0.3 is 0 Å². The molecule has 0 bridgehead atoms. The molecule has 0 radical (unpaired) electrons. The van der Waals surface area contributed by atoms with Gasteiger partial charge in [0.2, 0.25) is 5.95 Å². The van der Waals surface area contributed by atoms with Gasteiger partial charge in [-0.2, -0.15) is 20.3 Å². The molecule has 1 fully saturated rings. The molecule has 2 aromatic rings. The number of methoxy groups -OCH3 is 1. The highest BCUT2D eigenvalue weighted by atomic mass is 16.5. The molecule has 25 heavy (non-hydrogen) atoms. The number of aromatic nitrogens is 2. The Labute approximate surface area is 145 Å². The molecule has 0 spiro atoms. The fourth-order valence-electron chi connectivity index (χ4n) is 2.67. The van der Waals surface area contributed by atoms with Gasteiger partial charge in [-0.05, 0) is 42.7 Å². The molecule has 3 N–H and O–H groups in total. The highest BCUT2D eigenvalue weighted by Crippen LogP contribution is 2.27. The van der Waals surface area contributed by atoms with Gasteiger partial charge in [-0.15, -0.1) is 0 Å². The molecule has 0 aliphatic carbocycles. The Bertz CT molecular complexity index is 805. The zero-order chi connectivity index (χ0) is 17.6. The van der Waals surface area contributed by atoms with Crippen molar-refractivity contribution in [2.24, 2.45) is 5.10 Å². The molecule has 1 aromatic carbocycles. The quantitative estimate of drug-likeness (QED) is 0.633. The summed E-state index contributed by atoms with van der Waals surface area (Å²) in [7, 11) is 1.62. The standard InChI is InChI=1S/C17H19N7O/c1-25-13-6-4-12(5-7-13)11-20-23-15-14(10-18)16(22-17(19)21-15)24-8-2-3-9-24/h4-7,11H,2-3,8-9H2,1H3,(H3,19,21,22,23)/b20-11+. The van der Waals surface area contributed by atoms with Gasteiger partial charge in [0.15, 0.2) is 11.6 Å². The highest BCUT2D eigenvalue weighted by Gasteiger charge is 2.21. The number of anilines is 3. The van der Waals surface area contributed by atoms with Crippen molar-refractivity contribution < 1.29 is 4.74 Å². The number of nitrogens with two attached hydrogens (primary N) is 1. The molecular formula is C17H19N7O. The lowest BCUT2D eigenvalue weighted by atomic mass is 10.2. The van der Waals surface area contributed by atoms with Gasteiger partial charge in [0.1, 0.15) is 17.4 Å². The molecule has 2 heterocycles. The van der Waals surface area contributed by atoms with Gasteiger partial charge in [0.05, 0.1) is 13.3 Å². The fraction of sp³-hybridized carbons (Fsp3) is 0.294. The first-order valence-corrected chi connectivity index (χ1v) is 7.97. The Morgan fingerprint density at radius 2 is 2.00 bits per heavy atom. The maximum absolute atomic E-state index is 9.52. The molecule has 0 saturated carbocycles. The first-order chi connectivity index (χ1) is 12.2. The Morgan fingerprint density at radius 1 is 1.28 bits per heavy atom. The van der Waals surface area contributed by atoms with Gasteiger partial charge in [0.25, 0.3) is 0 Å². The lowest BCUT2D eigenvalue weighted by Crippen LogP contribution is -2.22. The third-order valence-corrected chi connectivity index (χ3v) is 3.92. The van der Waals surface area contributed by atoms with Crippen LogP contribution in [0.25, 0.3) is 0 Å². The van der Waals surface area contributed by atoms with Crippen LogP contribution in [0, 0.1) is 11.3 Å². The van der Waals surface area contributed by atoms with E-state index in [1.807, 2.05) is 24.3 Å². The van der Waals surface area contributed by atoms with Crippen molar-refractivity contribution in [3.63, 3.8) is 0 Å². The van der Waals surface area contributed by atoms with E-state index in [2.05, 4.69) is 31.5 Å². The summed E-state index contributed by atoms with van der Waals surface area (Å²) in [6, 6.07) is 9.59. The van der Waals surface area contributed by atoms with E-state index >= 15 is 0 Å². The summed E-state index contributed by atoms with van der Waals surface area (Å²) >= 11 is 0. The predicted octanol–water partition coefficient (Wildman–Crippen LogP) is 1.99. The molecule has 1 saturated heterocycles. The number of nitrogens with one attached hydrogen (secondary N) is 1. The van der Waals surface area contributed by atoms with Crippen molar-refractivity contribution in [2.75, 3.05) is 36.3 Å². The monoisotopic (exact) mass is 337 g/mol. The Balaban J connectivity index is 1.81. The average molecular weight is 337 g/mol. The number of hydrogen-bond donors (Lipinski definition) is 2. The molecule has 8 heteroatoms. The first kappa shape index (κ1) is 16.5. The van der Waals surface area contributed by atoms with Crippen molar-refractivity contribution in [3.05, 3.63) is 35.4 Å². The molecule has 0 amide bonds. The second-order valence-corrected chi connectivity index (χ2v) is 5.58. The van der Waals surface area contributed by atoms with Gasteiger partial charge < -0.3 is 15.4 Å². The number of nitriles is 1. The van der Waals surface area contributed by atoms with E-state index in [1.54, 1.807) is 13.3 Å². The largest absolute Gasteiger partial charge is 0.497 e. The van der Waals surface area contributed by atoms with Crippen molar-refractivity contribution in [3.8, 4) is 11.8 Å². The highest BCUT2D eigenvalue weighted by molar-refractivity contribution is 5.80. The smallest absolute Gasteiger partial charge is 0.224 e. The van der Waals surface area contributed by atoms with Crippen LogP contribution in [-0.4, -0.2) is 36.4 Å². The van der Waals surface area contributed by atoms with Crippen molar-refractivity contribution >= 4 is 23.8 Å². The minimum absolute atomic E-state index is 0.114. The van der Waals surface area contributed by atoms with Crippen molar-refractivity contribution in [2.45, 2.75) is 12.8 Å². The fourth-order valence-corrected chi connectivity index (χ4v) is 2.67. The van der Waals surface area contributed by atoms with Gasteiger partial charge in [-0.1, -0.05) is 0 Å². The van der Waals surface area contributed by atoms with Crippen LogP contribution in [0.3, 0.4) is 0 Å². The van der Waals surface area contributed by atoms with Crippen molar-refractivity contribution in [1.29, 1.82) is 5.26 Å². The predicted molar refractivity (Wildman–Crippen MR) is 96.8 cm³/mol. The van der Waals surface area contributed by atoms with E-state index < -0.39 is 0 Å². The van der Waals surface area contributed by atoms with Gasteiger partial charge in [-0.3, -0.25) is 5.43 Å². The van der Waals surface area contributed by atoms with Crippen LogP contribution in [0.4, 0.5) is 17.6 Å². The molecule has 0 unspecified atom stereocenters. The molecule has 1 aliphatic rings. The number of nitrogen functional groups attached to an aromatic ring is 1. The summed E-state index contributed by atoms with van der Waals surface area (Å²) in [5.41, 5.74) is 9.84. The van der Waals surface area contributed by atoms with Gasteiger partial charge in [0, 0.05) is 13.1 Å². The lowest BCUT2D eigenvalue weighted by molar-refractivity contribution is 0.415. The van der Waals surface area contributed by atoms with Crippen LogP contribution in [0.1, 0.15) is 24.0 Å². The van der Waals surface area contributed by atoms with E-state index in [0.717, 1.165) is 37.2 Å². The normalized spacial score (nSPS) is 13.8. The summed E-state index contributed by atoms with van der Waals surface area (Å²) < 4.78 is 5.12. The number of hydrogen-bond acceptors (Lipinski definition) is 8. The summed E-state index contributed by atoms with van der Waals surface area (Å²) in [5.74, 6) is 1.76. The van der Waals surface area contributed by atoms with Crippen LogP contribution in [-0.2, 0) is 0 Å². The number of hydrazone groups is 1. The van der Waals surface area contributed by atoms with E-state index in [9.17, 15) is 5.26 Å². The van der Waals surface area contributed by atoms with Crippen LogP contribution >= 0.6 is 0 Å². The minimum Gasteiger partial charge on any atom is -0.497 e. The van der Waals surface area contributed by atoms with Crippen LogP contribution in [0.15, 0.2) is 29.4 Å². The first-order valence-electron chi connectivity index (χ1n) is 7.97. The third kappa shape index (κ3) is 3.77. The van der Waals surface area contributed by atoms with E-state index in [-0.39, 0.29) is 5.95 Å². The third-order valence-electron chi connectivity index (χ3n) is 3.92. The number of benzene rings is 1. The SMILES string of the molecule is COc1ccc(/C=N/Nc2nc(N)nc(N3CCCC3)c2C#N)cc1. The van der Waals surface area contributed by atoms with Gasteiger partial charge in [-0.25, -0.2) is 0 Å². The lowest BCUT2D eigenvalue weighted by Gasteiger charge is -2.18. The van der Waals surface area contributed by atoms with Crippen LogP contribution in [0.5, 0.6) is 5.75 Å². The minimum atomic E-state index is 0.114. The molecular weight excluding hydrogens is 318 g/mol. The van der Waals surface area contributed by atoms with E-state index in [4.69, 9.17) is 10.5 Å². The zero-order valence-corrected chi connectivity index (χ0v) is 13.9. The topological polar surface area (TPSA) is 112 Å². The van der Waals surface area contributed by atoms with Crippen LogP contribution < -0.4 is 20.8 Å². The molecule has 8 nitrogen and oxygen atoms in total. The number of nitrogens with zero attached hydrogens (tertiary/aromatic N) is 5. The molecule has 128 valence electrons. The van der Waals surface area contributed by atoms with Crippen molar-refractivity contribution in [1.82, 2.24) is 9.97 Å². The Morgan fingerprint density at radius 3 is 2.64 bits per heavy atom. The number of ether oxygens (including phenoxy) is 1. The summed E-state index contributed by atoms with van der Waals surface area (Å²) in [6.45, 7) is 1.72. The zero-order valence-electron chi connectivity index (χ0n) is 13.9. The molecule has 1 aromatic heterocycles. The van der Waals surface area contributed by atoms with E-state index in [1.165, 1.54) is 0 Å².